The fraction of sp³-hybridized carbons (Fsp3) is 0.130. The molecule has 6 nitrogen and oxygen atoms in total. The first-order chi connectivity index (χ1) is 14.5. The van der Waals surface area contributed by atoms with Crippen LogP contribution in [-0.4, -0.2) is 21.9 Å². The molecule has 0 atom stereocenters. The van der Waals surface area contributed by atoms with Gasteiger partial charge in [0.15, 0.2) is 12.4 Å². The molecule has 0 fully saturated rings. The van der Waals surface area contributed by atoms with E-state index in [2.05, 4.69) is 10.1 Å². The van der Waals surface area contributed by atoms with Crippen LogP contribution in [0, 0.1) is 13.8 Å². The van der Waals surface area contributed by atoms with E-state index in [0.29, 0.717) is 11.5 Å². The lowest BCUT2D eigenvalue weighted by Gasteiger charge is -2.09. The molecule has 2 aromatic carbocycles. The standard InChI is InChI=1S/C23H18N2O4S/c1-14-7-8-16(11-15(14)2)21(26)18-5-3-4-6-19(18)23(27)28-12-20-24-22(29-25-20)17-9-10-30-13-17/h3-11,13H,12H2,1-2H3. The fourth-order valence-electron chi connectivity index (χ4n) is 2.92. The van der Waals surface area contributed by atoms with E-state index in [4.69, 9.17) is 9.26 Å². The molecule has 0 unspecified atom stereocenters. The third-order valence-corrected chi connectivity index (χ3v) is 5.41. The normalized spacial score (nSPS) is 10.7. The van der Waals surface area contributed by atoms with Crippen molar-refractivity contribution in [2.75, 3.05) is 0 Å². The van der Waals surface area contributed by atoms with Crippen LogP contribution in [0.5, 0.6) is 0 Å². The Morgan fingerprint density at radius 1 is 1.03 bits per heavy atom. The van der Waals surface area contributed by atoms with Crippen LogP contribution in [0.25, 0.3) is 11.5 Å². The van der Waals surface area contributed by atoms with Gasteiger partial charge in [-0.3, -0.25) is 4.79 Å². The van der Waals surface area contributed by atoms with Gasteiger partial charge >= 0.3 is 5.97 Å². The zero-order chi connectivity index (χ0) is 21.1. The molecule has 2 heterocycles. The van der Waals surface area contributed by atoms with Gasteiger partial charge in [-0.25, -0.2) is 4.79 Å². The number of rotatable bonds is 6. The van der Waals surface area contributed by atoms with Crippen LogP contribution >= 0.6 is 11.3 Å². The number of ether oxygens (including phenoxy) is 1. The van der Waals surface area contributed by atoms with Crippen LogP contribution in [-0.2, 0) is 11.3 Å². The van der Waals surface area contributed by atoms with Crippen LogP contribution < -0.4 is 0 Å². The molecule has 0 saturated heterocycles. The highest BCUT2D eigenvalue weighted by Gasteiger charge is 2.20. The molecule has 30 heavy (non-hydrogen) atoms. The summed E-state index contributed by atoms with van der Waals surface area (Å²) < 4.78 is 10.5. The molecular formula is C23H18N2O4S. The van der Waals surface area contributed by atoms with Crippen LogP contribution in [0.1, 0.15) is 43.2 Å². The second-order valence-corrected chi connectivity index (χ2v) is 7.56. The van der Waals surface area contributed by atoms with Crippen molar-refractivity contribution in [3.05, 3.63) is 92.9 Å². The molecule has 0 aliphatic rings. The summed E-state index contributed by atoms with van der Waals surface area (Å²) in [5, 5.41) is 7.63. The Kier molecular flexibility index (Phi) is 5.54. The maximum atomic E-state index is 13.0. The van der Waals surface area contributed by atoms with Gasteiger partial charge in [-0.1, -0.05) is 35.5 Å². The molecule has 0 bridgehead atoms. The summed E-state index contributed by atoms with van der Waals surface area (Å²) in [5.74, 6) is -0.232. The molecule has 0 aliphatic heterocycles. The van der Waals surface area contributed by atoms with Crippen LogP contribution in [0.2, 0.25) is 0 Å². The molecule has 0 N–H and O–H groups in total. The smallest absolute Gasteiger partial charge is 0.339 e. The van der Waals surface area contributed by atoms with E-state index in [1.165, 1.54) is 11.3 Å². The number of nitrogens with zero attached hydrogens (tertiary/aromatic N) is 2. The Hall–Kier alpha value is -3.58. The summed E-state index contributed by atoms with van der Waals surface area (Å²) in [7, 11) is 0. The molecule has 7 heteroatoms. The summed E-state index contributed by atoms with van der Waals surface area (Å²) in [6.07, 6.45) is 0. The first kappa shape index (κ1) is 19.7. The number of aryl methyl sites for hydroxylation is 2. The van der Waals surface area contributed by atoms with Crippen molar-refractivity contribution in [2.45, 2.75) is 20.5 Å². The second-order valence-electron chi connectivity index (χ2n) is 6.78. The molecular weight excluding hydrogens is 400 g/mol. The Balaban J connectivity index is 1.51. The van der Waals surface area contributed by atoms with Crippen molar-refractivity contribution in [2.24, 2.45) is 0 Å². The molecule has 0 spiro atoms. The summed E-state index contributed by atoms with van der Waals surface area (Å²) in [6, 6.07) is 13.9. The Bertz CT molecular complexity index is 1210. The Morgan fingerprint density at radius 2 is 1.83 bits per heavy atom. The average molecular weight is 418 g/mol. The number of esters is 1. The lowest BCUT2D eigenvalue weighted by Crippen LogP contribution is -2.13. The summed E-state index contributed by atoms with van der Waals surface area (Å²) in [4.78, 5) is 29.9. The van der Waals surface area contributed by atoms with Crippen molar-refractivity contribution < 1.29 is 18.8 Å². The van der Waals surface area contributed by atoms with Gasteiger partial charge in [0.1, 0.15) is 0 Å². The van der Waals surface area contributed by atoms with Crippen molar-refractivity contribution in [3.63, 3.8) is 0 Å². The molecule has 2 aromatic heterocycles. The van der Waals surface area contributed by atoms with Gasteiger partial charge in [0.25, 0.3) is 5.89 Å². The topological polar surface area (TPSA) is 82.3 Å². The van der Waals surface area contributed by atoms with E-state index in [-0.39, 0.29) is 29.3 Å². The number of aromatic nitrogens is 2. The van der Waals surface area contributed by atoms with E-state index in [0.717, 1.165) is 16.7 Å². The minimum atomic E-state index is -0.621. The highest BCUT2D eigenvalue weighted by Crippen LogP contribution is 2.21. The van der Waals surface area contributed by atoms with Crippen molar-refractivity contribution >= 4 is 23.1 Å². The zero-order valence-corrected chi connectivity index (χ0v) is 17.2. The monoisotopic (exact) mass is 418 g/mol. The largest absolute Gasteiger partial charge is 0.454 e. The van der Waals surface area contributed by atoms with Crippen molar-refractivity contribution in [3.8, 4) is 11.5 Å². The van der Waals surface area contributed by atoms with Crippen LogP contribution in [0.4, 0.5) is 0 Å². The average Bonchev–Trinajstić information content (AvgIpc) is 3.45. The van der Waals surface area contributed by atoms with Gasteiger partial charge in [0.05, 0.1) is 11.1 Å². The molecule has 4 rings (SSSR count). The molecule has 0 saturated carbocycles. The van der Waals surface area contributed by atoms with E-state index in [9.17, 15) is 9.59 Å². The molecule has 0 radical (unpaired) electrons. The van der Waals surface area contributed by atoms with E-state index in [1.807, 2.05) is 42.8 Å². The highest BCUT2D eigenvalue weighted by molar-refractivity contribution is 7.08. The highest BCUT2D eigenvalue weighted by atomic mass is 32.1. The van der Waals surface area contributed by atoms with Gasteiger partial charge in [0.2, 0.25) is 5.82 Å². The van der Waals surface area contributed by atoms with Gasteiger partial charge in [-0.2, -0.15) is 16.3 Å². The fourth-order valence-corrected chi connectivity index (χ4v) is 3.55. The van der Waals surface area contributed by atoms with E-state index in [1.54, 1.807) is 30.3 Å². The van der Waals surface area contributed by atoms with Crippen molar-refractivity contribution in [1.82, 2.24) is 10.1 Å². The maximum absolute atomic E-state index is 13.0. The van der Waals surface area contributed by atoms with Crippen molar-refractivity contribution in [1.29, 1.82) is 0 Å². The van der Waals surface area contributed by atoms with E-state index < -0.39 is 5.97 Å². The number of hydrogen-bond acceptors (Lipinski definition) is 7. The number of thiophene rings is 1. The zero-order valence-electron chi connectivity index (χ0n) is 16.4. The summed E-state index contributed by atoms with van der Waals surface area (Å²) in [6.45, 7) is 3.77. The second kappa shape index (κ2) is 8.42. The molecule has 0 amide bonds. The van der Waals surface area contributed by atoms with Gasteiger partial charge in [-0.05, 0) is 48.6 Å². The van der Waals surface area contributed by atoms with E-state index >= 15 is 0 Å². The van der Waals surface area contributed by atoms with Gasteiger partial charge in [-0.15, -0.1) is 0 Å². The van der Waals surface area contributed by atoms with Crippen LogP contribution in [0.3, 0.4) is 0 Å². The Morgan fingerprint density at radius 3 is 2.57 bits per heavy atom. The molecule has 150 valence electrons. The predicted octanol–water partition coefficient (Wildman–Crippen LogP) is 5.00. The SMILES string of the molecule is Cc1ccc(C(=O)c2ccccc2C(=O)OCc2noc(-c3ccsc3)n2)cc1C. The third kappa shape index (κ3) is 4.06. The minimum Gasteiger partial charge on any atom is -0.454 e. The number of hydrogen-bond donors (Lipinski definition) is 0. The first-order valence-corrected chi connectivity index (χ1v) is 10.2. The van der Waals surface area contributed by atoms with Gasteiger partial charge < -0.3 is 9.26 Å². The molecule has 0 aliphatic carbocycles. The summed E-state index contributed by atoms with van der Waals surface area (Å²) in [5.41, 5.74) is 3.94. The summed E-state index contributed by atoms with van der Waals surface area (Å²) >= 11 is 1.52. The minimum absolute atomic E-state index is 0.154. The predicted molar refractivity (Wildman–Crippen MR) is 113 cm³/mol. The Labute approximate surface area is 177 Å². The van der Waals surface area contributed by atoms with Crippen LogP contribution in [0.15, 0.2) is 63.8 Å². The first-order valence-electron chi connectivity index (χ1n) is 9.26. The van der Waals surface area contributed by atoms with Gasteiger partial charge in [0, 0.05) is 16.5 Å². The lowest BCUT2D eigenvalue weighted by molar-refractivity contribution is 0.0457. The number of benzene rings is 2. The molecule has 4 aromatic rings. The quantitative estimate of drug-likeness (QED) is 0.324. The number of ketones is 1. The maximum Gasteiger partial charge on any atom is 0.339 e. The third-order valence-electron chi connectivity index (χ3n) is 4.73. The number of carbonyl (C=O) groups excluding carboxylic acids is 2. The number of carbonyl (C=O) groups is 2. The lowest BCUT2D eigenvalue weighted by atomic mass is 9.96.